The van der Waals surface area contributed by atoms with Gasteiger partial charge in [-0.25, -0.2) is 4.79 Å². The molecule has 0 aromatic heterocycles. The van der Waals surface area contributed by atoms with Crippen molar-refractivity contribution in [2.75, 3.05) is 0 Å². The molecule has 0 spiro atoms. The molecule has 0 heterocycles. The Labute approximate surface area is 137 Å². The van der Waals surface area contributed by atoms with E-state index < -0.39 is 17.8 Å². The molecular formula is C17H27NO5. The smallest absolute Gasteiger partial charge is 0.407 e. The number of aliphatic hydroxyl groups excluding tert-OH is 1. The molecule has 2 aliphatic carbocycles. The summed E-state index contributed by atoms with van der Waals surface area (Å²) in [4.78, 5) is 23.8. The molecule has 23 heavy (non-hydrogen) atoms. The molecule has 0 bridgehead atoms. The summed E-state index contributed by atoms with van der Waals surface area (Å²) in [6.07, 6.45) is 2.79. The van der Waals surface area contributed by atoms with Crippen LogP contribution in [-0.4, -0.2) is 34.9 Å². The molecule has 130 valence electrons. The molecule has 2 fully saturated rings. The maximum atomic E-state index is 12.0. The Morgan fingerprint density at radius 2 is 1.96 bits per heavy atom. The van der Waals surface area contributed by atoms with Crippen molar-refractivity contribution >= 4 is 12.1 Å². The number of rotatable bonds is 3. The number of aliphatic hydroxyl groups is 1. The number of hydrogen-bond acceptors (Lipinski definition) is 5. The molecular weight excluding hydrogens is 298 g/mol. The minimum absolute atomic E-state index is 0.151. The van der Waals surface area contributed by atoms with E-state index in [1.54, 1.807) is 20.8 Å². The number of carbonyl (C=O) groups excluding carboxylic acids is 2. The average molecular weight is 325 g/mol. The van der Waals surface area contributed by atoms with Gasteiger partial charge in [-0.05, 0) is 58.3 Å². The Morgan fingerprint density at radius 1 is 1.26 bits per heavy atom. The largest absolute Gasteiger partial charge is 0.444 e. The van der Waals surface area contributed by atoms with E-state index >= 15 is 0 Å². The van der Waals surface area contributed by atoms with E-state index in [0.717, 1.165) is 12.7 Å². The Bertz CT molecular complexity index is 470. The van der Waals surface area contributed by atoms with Crippen molar-refractivity contribution < 1.29 is 24.2 Å². The van der Waals surface area contributed by atoms with Crippen molar-refractivity contribution in [3.63, 3.8) is 0 Å². The zero-order chi connectivity index (χ0) is 17.2. The van der Waals surface area contributed by atoms with E-state index in [4.69, 9.17) is 9.47 Å². The monoisotopic (exact) mass is 325 g/mol. The maximum absolute atomic E-state index is 12.0. The van der Waals surface area contributed by atoms with Gasteiger partial charge in [0.25, 0.3) is 0 Å². The first-order valence-electron chi connectivity index (χ1n) is 8.20. The molecule has 0 saturated heterocycles. The van der Waals surface area contributed by atoms with Crippen LogP contribution in [0, 0.1) is 17.8 Å². The molecule has 4 unspecified atom stereocenters. The van der Waals surface area contributed by atoms with Gasteiger partial charge in [0.05, 0.1) is 24.3 Å². The van der Waals surface area contributed by atoms with Gasteiger partial charge in [-0.15, -0.1) is 0 Å². The summed E-state index contributed by atoms with van der Waals surface area (Å²) in [5.74, 6) is -0.0235. The first-order valence-corrected chi connectivity index (χ1v) is 8.20. The molecule has 1 amide bonds. The lowest BCUT2D eigenvalue weighted by atomic mass is 9.75. The number of esters is 1. The molecule has 2 aliphatic rings. The highest BCUT2D eigenvalue weighted by Crippen LogP contribution is 2.45. The highest BCUT2D eigenvalue weighted by Gasteiger charge is 2.47. The summed E-state index contributed by atoms with van der Waals surface area (Å²) >= 11 is 0. The van der Waals surface area contributed by atoms with Crippen LogP contribution in [-0.2, 0) is 14.3 Å². The first-order chi connectivity index (χ1) is 10.7. The molecule has 2 rings (SSSR count). The van der Waals surface area contributed by atoms with Crippen molar-refractivity contribution in [1.29, 1.82) is 0 Å². The molecule has 5 atom stereocenters. The molecule has 0 aromatic carbocycles. The summed E-state index contributed by atoms with van der Waals surface area (Å²) in [5, 5.41) is 13.1. The van der Waals surface area contributed by atoms with Gasteiger partial charge in [0.1, 0.15) is 5.60 Å². The molecule has 2 saturated carbocycles. The topological polar surface area (TPSA) is 84.9 Å². The van der Waals surface area contributed by atoms with Crippen molar-refractivity contribution in [2.45, 2.75) is 64.2 Å². The molecule has 0 aliphatic heterocycles. The molecule has 0 radical (unpaired) electrons. The highest BCUT2D eigenvalue weighted by atomic mass is 16.6. The zero-order valence-electron chi connectivity index (χ0n) is 14.1. The lowest BCUT2D eigenvalue weighted by molar-refractivity contribution is -0.144. The summed E-state index contributed by atoms with van der Waals surface area (Å²) in [6.45, 7) is 8.81. The fourth-order valence-corrected chi connectivity index (χ4v) is 3.81. The van der Waals surface area contributed by atoms with E-state index in [1.807, 2.05) is 0 Å². The Balaban J connectivity index is 1.95. The third-order valence-corrected chi connectivity index (χ3v) is 4.68. The fourth-order valence-electron chi connectivity index (χ4n) is 3.81. The van der Waals surface area contributed by atoms with Crippen LogP contribution < -0.4 is 5.32 Å². The van der Waals surface area contributed by atoms with Gasteiger partial charge in [0, 0.05) is 0 Å². The quantitative estimate of drug-likeness (QED) is 0.614. The minimum atomic E-state index is -0.605. The molecule has 2 N–H and O–H groups in total. The van der Waals surface area contributed by atoms with Crippen LogP contribution in [0.5, 0.6) is 0 Å². The number of fused-ring (bicyclic) bond motifs is 1. The van der Waals surface area contributed by atoms with E-state index in [0.29, 0.717) is 19.3 Å². The third kappa shape index (κ3) is 4.47. The minimum Gasteiger partial charge on any atom is -0.444 e. The second-order valence-corrected chi connectivity index (χ2v) is 7.51. The van der Waals surface area contributed by atoms with E-state index in [-0.39, 0.29) is 29.8 Å². The van der Waals surface area contributed by atoms with Gasteiger partial charge >= 0.3 is 12.1 Å². The van der Waals surface area contributed by atoms with E-state index in [2.05, 4.69) is 11.9 Å². The van der Waals surface area contributed by atoms with Crippen LogP contribution in [0.1, 0.15) is 46.5 Å². The predicted molar refractivity (Wildman–Crippen MR) is 84.4 cm³/mol. The van der Waals surface area contributed by atoms with Gasteiger partial charge < -0.3 is 19.9 Å². The lowest BCUT2D eigenvalue weighted by Crippen LogP contribution is -2.47. The van der Waals surface area contributed by atoms with Crippen LogP contribution in [0.4, 0.5) is 4.79 Å². The van der Waals surface area contributed by atoms with Crippen LogP contribution >= 0.6 is 0 Å². The van der Waals surface area contributed by atoms with Crippen LogP contribution in [0.2, 0.25) is 0 Å². The van der Waals surface area contributed by atoms with E-state index in [9.17, 15) is 14.7 Å². The number of ether oxygens (including phenoxy) is 2. The number of carbonyl (C=O) groups is 2. The SMILES string of the molecule is C=COC(=O)C1CCC2C(C1)CC(O)[C@@H]2NC(=O)OC(C)(C)C. The lowest BCUT2D eigenvalue weighted by Gasteiger charge is -2.33. The predicted octanol–water partition coefficient (Wildman–Crippen LogP) is 2.36. The number of alkyl carbamates (subject to hydrolysis) is 1. The highest BCUT2D eigenvalue weighted by molar-refractivity contribution is 5.73. The fraction of sp³-hybridized carbons (Fsp3) is 0.765. The summed E-state index contributed by atoms with van der Waals surface area (Å²) < 4.78 is 10.1. The normalized spacial score (nSPS) is 33.5. The third-order valence-electron chi connectivity index (χ3n) is 4.68. The summed E-state index contributed by atoms with van der Waals surface area (Å²) in [7, 11) is 0. The van der Waals surface area contributed by atoms with Gasteiger partial charge in [-0.2, -0.15) is 0 Å². The van der Waals surface area contributed by atoms with Crippen molar-refractivity contribution in [3.8, 4) is 0 Å². The Kier molecular flexibility index (Phi) is 5.34. The van der Waals surface area contributed by atoms with Gasteiger partial charge in [-0.3, -0.25) is 4.79 Å². The van der Waals surface area contributed by atoms with Crippen LogP contribution in [0.15, 0.2) is 12.8 Å². The molecule has 6 heteroatoms. The summed E-state index contributed by atoms with van der Waals surface area (Å²) in [6, 6.07) is -0.314. The maximum Gasteiger partial charge on any atom is 0.407 e. The van der Waals surface area contributed by atoms with Crippen molar-refractivity contribution in [3.05, 3.63) is 12.8 Å². The second-order valence-electron chi connectivity index (χ2n) is 7.51. The standard InChI is InChI=1S/C17H27NO5/c1-5-22-15(20)10-6-7-12-11(8-10)9-13(19)14(12)18-16(21)23-17(2,3)4/h5,10-14,19H,1,6-9H2,2-4H3,(H,18,21)/t10?,11?,12?,13?,14-/m1/s1. The number of amides is 1. The van der Waals surface area contributed by atoms with Crippen LogP contribution in [0.25, 0.3) is 0 Å². The Morgan fingerprint density at radius 3 is 2.57 bits per heavy atom. The zero-order valence-corrected chi connectivity index (χ0v) is 14.1. The van der Waals surface area contributed by atoms with Gasteiger partial charge in [-0.1, -0.05) is 6.58 Å². The van der Waals surface area contributed by atoms with Gasteiger partial charge in [0.15, 0.2) is 0 Å². The van der Waals surface area contributed by atoms with Crippen molar-refractivity contribution in [1.82, 2.24) is 5.32 Å². The second kappa shape index (κ2) is 6.91. The average Bonchev–Trinajstić information content (AvgIpc) is 2.72. The summed E-state index contributed by atoms with van der Waals surface area (Å²) in [5.41, 5.74) is -0.570. The van der Waals surface area contributed by atoms with Crippen molar-refractivity contribution in [2.24, 2.45) is 17.8 Å². The van der Waals surface area contributed by atoms with Crippen LogP contribution in [0.3, 0.4) is 0 Å². The molecule has 6 nitrogen and oxygen atoms in total. The Hall–Kier alpha value is -1.56. The van der Waals surface area contributed by atoms with E-state index in [1.165, 1.54) is 0 Å². The van der Waals surface area contributed by atoms with Gasteiger partial charge in [0.2, 0.25) is 0 Å². The number of nitrogens with one attached hydrogen (secondary N) is 1. The first kappa shape index (κ1) is 17.8. The molecule has 0 aromatic rings. The number of hydrogen-bond donors (Lipinski definition) is 2.